The number of amides is 2. The monoisotopic (exact) mass is 491 g/mol. The van der Waals surface area contributed by atoms with E-state index in [2.05, 4.69) is 34.7 Å². The van der Waals surface area contributed by atoms with Crippen molar-refractivity contribution in [2.45, 2.75) is 51.6 Å². The molecule has 2 N–H and O–H groups in total. The van der Waals surface area contributed by atoms with E-state index < -0.39 is 0 Å². The van der Waals surface area contributed by atoms with Crippen LogP contribution in [0.15, 0.2) is 48.7 Å². The van der Waals surface area contributed by atoms with Crippen LogP contribution in [0, 0.1) is 35.4 Å². The van der Waals surface area contributed by atoms with Crippen LogP contribution >= 0.6 is 0 Å². The lowest BCUT2D eigenvalue weighted by atomic mass is 9.57. The zero-order valence-corrected chi connectivity index (χ0v) is 20.8. The Labute approximate surface area is 211 Å². The predicted molar refractivity (Wildman–Crippen MR) is 136 cm³/mol. The Bertz CT molecular complexity index is 1130. The van der Waals surface area contributed by atoms with Crippen LogP contribution in [0.1, 0.15) is 45.2 Å². The number of aromatic nitrogens is 1. The summed E-state index contributed by atoms with van der Waals surface area (Å²) in [6.45, 7) is 4.28. The van der Waals surface area contributed by atoms with E-state index >= 15 is 0 Å². The SMILES string of the molecule is CCOC(=O)N[C@H]1CC[C@@H]2[C@@H](C1)C[C@H]1C(=O)N[C@H](C)[C@H]1[C@H]2/C=C/c1ccc(-c2cccc(F)c2)cn1. The molecule has 3 aliphatic rings. The summed E-state index contributed by atoms with van der Waals surface area (Å²) in [5, 5.41) is 6.19. The molecule has 7 heteroatoms. The van der Waals surface area contributed by atoms with Crippen LogP contribution in [0.2, 0.25) is 0 Å². The van der Waals surface area contributed by atoms with Gasteiger partial charge in [-0.3, -0.25) is 9.78 Å². The Morgan fingerprint density at radius 1 is 1.22 bits per heavy atom. The lowest BCUT2D eigenvalue weighted by Gasteiger charge is -2.48. The molecule has 1 aromatic carbocycles. The van der Waals surface area contributed by atoms with Gasteiger partial charge in [-0.1, -0.05) is 24.3 Å². The number of hydrogen-bond acceptors (Lipinski definition) is 4. The summed E-state index contributed by atoms with van der Waals surface area (Å²) < 4.78 is 18.7. The number of hydrogen-bond donors (Lipinski definition) is 2. The summed E-state index contributed by atoms with van der Waals surface area (Å²) in [7, 11) is 0. The van der Waals surface area contributed by atoms with Gasteiger partial charge in [-0.15, -0.1) is 0 Å². The van der Waals surface area contributed by atoms with Gasteiger partial charge in [0.05, 0.1) is 12.3 Å². The van der Waals surface area contributed by atoms with E-state index in [1.54, 1.807) is 19.2 Å². The fraction of sp³-hybridized carbons (Fsp3) is 0.483. The molecule has 0 bridgehead atoms. The highest BCUT2D eigenvalue weighted by Crippen LogP contribution is 2.52. The van der Waals surface area contributed by atoms with E-state index in [1.807, 2.05) is 18.2 Å². The van der Waals surface area contributed by atoms with Gasteiger partial charge in [-0.2, -0.15) is 0 Å². The number of allylic oxidation sites excluding steroid dienone is 1. The fourth-order valence-electron chi connectivity index (χ4n) is 6.79. The Kier molecular flexibility index (Phi) is 7.08. The highest BCUT2D eigenvalue weighted by atomic mass is 19.1. The Balaban J connectivity index is 1.34. The quantitative estimate of drug-likeness (QED) is 0.602. The summed E-state index contributed by atoms with van der Waals surface area (Å²) in [5.74, 6) is 1.25. The third-order valence-electron chi connectivity index (χ3n) is 8.32. The molecule has 1 saturated heterocycles. The normalized spacial score (nSPS) is 31.4. The molecule has 2 saturated carbocycles. The number of rotatable bonds is 5. The van der Waals surface area contributed by atoms with E-state index in [4.69, 9.17) is 4.74 Å². The number of nitrogens with zero attached hydrogens (tertiary/aromatic N) is 1. The molecule has 3 fully saturated rings. The van der Waals surface area contributed by atoms with Gasteiger partial charge in [0.1, 0.15) is 5.82 Å². The minimum Gasteiger partial charge on any atom is -0.450 e. The maximum atomic E-state index is 13.6. The number of carbonyl (C=O) groups excluding carboxylic acids is 2. The fourth-order valence-corrected chi connectivity index (χ4v) is 6.79. The van der Waals surface area contributed by atoms with Gasteiger partial charge in [0, 0.05) is 29.8 Å². The van der Waals surface area contributed by atoms with Crippen LogP contribution in [0.3, 0.4) is 0 Å². The molecule has 1 aromatic heterocycles. The lowest BCUT2D eigenvalue weighted by molar-refractivity contribution is -0.125. The minimum atomic E-state index is -0.355. The molecule has 5 rings (SSSR count). The van der Waals surface area contributed by atoms with Crippen molar-refractivity contribution in [1.82, 2.24) is 15.6 Å². The first-order valence-corrected chi connectivity index (χ1v) is 13.1. The van der Waals surface area contributed by atoms with Crippen molar-refractivity contribution < 1.29 is 18.7 Å². The average Bonchev–Trinajstić information content (AvgIpc) is 3.15. The molecule has 7 atom stereocenters. The number of nitrogens with one attached hydrogen (secondary N) is 2. The first-order chi connectivity index (χ1) is 17.4. The van der Waals surface area contributed by atoms with Crippen LogP contribution in [-0.2, 0) is 9.53 Å². The number of halogens is 1. The third kappa shape index (κ3) is 5.01. The van der Waals surface area contributed by atoms with E-state index in [0.29, 0.717) is 18.4 Å². The number of alkyl carbamates (subject to hydrolysis) is 1. The van der Waals surface area contributed by atoms with Gasteiger partial charge in [0.2, 0.25) is 5.91 Å². The van der Waals surface area contributed by atoms with Gasteiger partial charge in [0.15, 0.2) is 0 Å². The van der Waals surface area contributed by atoms with Crippen molar-refractivity contribution in [3.8, 4) is 11.1 Å². The topological polar surface area (TPSA) is 80.3 Å². The van der Waals surface area contributed by atoms with Crippen molar-refractivity contribution in [2.24, 2.45) is 29.6 Å². The Morgan fingerprint density at radius 2 is 2.08 bits per heavy atom. The number of fused-ring (bicyclic) bond motifs is 2. The van der Waals surface area contributed by atoms with E-state index in [1.165, 1.54) is 12.1 Å². The highest BCUT2D eigenvalue weighted by Gasteiger charge is 2.53. The van der Waals surface area contributed by atoms with Gasteiger partial charge < -0.3 is 15.4 Å². The molecule has 2 amide bonds. The van der Waals surface area contributed by atoms with Crippen LogP contribution in [0.5, 0.6) is 0 Å². The smallest absolute Gasteiger partial charge is 0.407 e. The molecule has 0 spiro atoms. The second-order valence-corrected chi connectivity index (χ2v) is 10.4. The molecule has 2 aromatic rings. The Morgan fingerprint density at radius 3 is 2.83 bits per heavy atom. The molecule has 0 radical (unpaired) electrons. The summed E-state index contributed by atoms with van der Waals surface area (Å²) >= 11 is 0. The zero-order chi connectivity index (χ0) is 25.2. The summed E-state index contributed by atoms with van der Waals surface area (Å²) in [5.41, 5.74) is 2.51. The van der Waals surface area contributed by atoms with Crippen molar-refractivity contribution in [1.29, 1.82) is 0 Å². The van der Waals surface area contributed by atoms with Crippen molar-refractivity contribution in [2.75, 3.05) is 6.61 Å². The van der Waals surface area contributed by atoms with Gasteiger partial charge in [0.25, 0.3) is 0 Å². The number of carbonyl (C=O) groups is 2. The van der Waals surface area contributed by atoms with Crippen molar-refractivity contribution in [3.63, 3.8) is 0 Å². The molecule has 1 aliphatic heterocycles. The molecule has 0 unspecified atom stereocenters. The first-order valence-electron chi connectivity index (χ1n) is 13.1. The third-order valence-corrected chi connectivity index (χ3v) is 8.32. The molecule has 36 heavy (non-hydrogen) atoms. The summed E-state index contributed by atoms with van der Waals surface area (Å²) in [4.78, 5) is 29.4. The standard InChI is InChI=1S/C29H34FN3O3/c1-3-36-29(35)33-23-10-11-24-20(14-23)15-26-27(17(2)32-28(26)34)25(24)12-9-22-8-7-19(16-31-22)18-5-4-6-21(30)13-18/h4-9,12-13,16-17,20,23-27H,3,10-11,14-15H2,1-2H3,(H,32,34)(H,33,35)/b12-9+/t17-,20+,23+,24-,25+,26-,27+/m1/s1. The first kappa shape index (κ1) is 24.5. The Hall–Kier alpha value is -3.22. The number of pyridine rings is 1. The minimum absolute atomic E-state index is 0.000514. The largest absolute Gasteiger partial charge is 0.450 e. The van der Waals surface area contributed by atoms with Crippen molar-refractivity contribution >= 4 is 18.1 Å². The van der Waals surface area contributed by atoms with Crippen molar-refractivity contribution in [3.05, 3.63) is 60.2 Å². The number of ether oxygens (including phenoxy) is 1. The van der Waals surface area contributed by atoms with Gasteiger partial charge in [-0.25, -0.2) is 9.18 Å². The van der Waals surface area contributed by atoms with E-state index in [9.17, 15) is 14.0 Å². The molecule has 190 valence electrons. The predicted octanol–water partition coefficient (Wildman–Crippen LogP) is 5.20. The van der Waals surface area contributed by atoms with Crippen LogP contribution < -0.4 is 10.6 Å². The molecular weight excluding hydrogens is 457 g/mol. The maximum Gasteiger partial charge on any atom is 0.407 e. The van der Waals surface area contributed by atoms with Crippen LogP contribution in [0.25, 0.3) is 17.2 Å². The van der Waals surface area contributed by atoms with Crippen LogP contribution in [0.4, 0.5) is 9.18 Å². The van der Waals surface area contributed by atoms with Gasteiger partial charge >= 0.3 is 6.09 Å². The van der Waals surface area contributed by atoms with Crippen LogP contribution in [-0.4, -0.2) is 35.7 Å². The molecule has 2 heterocycles. The second-order valence-electron chi connectivity index (χ2n) is 10.4. The summed E-state index contributed by atoms with van der Waals surface area (Å²) in [6.07, 6.45) is 9.41. The summed E-state index contributed by atoms with van der Waals surface area (Å²) in [6, 6.07) is 10.7. The second kappa shape index (κ2) is 10.4. The van der Waals surface area contributed by atoms with E-state index in [-0.39, 0.29) is 47.7 Å². The number of benzene rings is 1. The average molecular weight is 492 g/mol. The van der Waals surface area contributed by atoms with Gasteiger partial charge in [-0.05, 0) is 93.0 Å². The van der Waals surface area contributed by atoms with E-state index in [0.717, 1.165) is 42.5 Å². The maximum absolute atomic E-state index is 13.6. The molecule has 2 aliphatic carbocycles. The molecular formula is C29H34FN3O3. The lowest BCUT2D eigenvalue weighted by Crippen LogP contribution is -2.48. The molecule has 6 nitrogen and oxygen atoms in total. The highest BCUT2D eigenvalue weighted by molar-refractivity contribution is 5.82. The zero-order valence-electron chi connectivity index (χ0n) is 20.8.